The van der Waals surface area contributed by atoms with E-state index in [1.165, 1.54) is 12.0 Å². The number of nitrogens with zero attached hydrogens (tertiary/aromatic N) is 1. The maximum absolute atomic E-state index is 10.0. The van der Waals surface area contributed by atoms with Crippen LogP contribution in [0.3, 0.4) is 0 Å². The summed E-state index contributed by atoms with van der Waals surface area (Å²) in [6.07, 6.45) is 5.36. The Morgan fingerprint density at radius 1 is 1.17 bits per heavy atom. The molecule has 1 N–H and O–H groups in total. The van der Waals surface area contributed by atoms with Gasteiger partial charge < -0.3 is 10.0 Å². The van der Waals surface area contributed by atoms with E-state index >= 15 is 0 Å². The Hall–Kier alpha value is -0.860. The van der Waals surface area contributed by atoms with E-state index in [0.717, 1.165) is 45.3 Å². The molecule has 0 aromatic heterocycles. The van der Waals surface area contributed by atoms with Gasteiger partial charge in [-0.15, -0.1) is 0 Å². The van der Waals surface area contributed by atoms with E-state index in [0.29, 0.717) is 0 Å². The van der Waals surface area contributed by atoms with Crippen molar-refractivity contribution in [1.29, 1.82) is 0 Å². The van der Waals surface area contributed by atoms with Crippen molar-refractivity contribution in [3.05, 3.63) is 35.9 Å². The van der Waals surface area contributed by atoms with Gasteiger partial charge >= 0.3 is 0 Å². The largest absolute Gasteiger partial charge is 0.390 e. The van der Waals surface area contributed by atoms with Crippen molar-refractivity contribution in [1.82, 2.24) is 4.90 Å². The summed E-state index contributed by atoms with van der Waals surface area (Å²) in [5.41, 5.74) is 0.994. The average molecular weight is 247 g/mol. The van der Waals surface area contributed by atoms with Crippen LogP contribution in [0.1, 0.15) is 38.2 Å². The van der Waals surface area contributed by atoms with Crippen LogP contribution in [0.2, 0.25) is 0 Å². The van der Waals surface area contributed by atoms with Crippen LogP contribution < -0.4 is 0 Å². The first-order valence-electron chi connectivity index (χ1n) is 7.14. The van der Waals surface area contributed by atoms with Gasteiger partial charge in [-0.2, -0.15) is 0 Å². The van der Waals surface area contributed by atoms with Gasteiger partial charge in [0.05, 0.1) is 5.60 Å². The Kier molecular flexibility index (Phi) is 4.79. The highest BCUT2D eigenvalue weighted by molar-refractivity contribution is 5.14. The summed E-state index contributed by atoms with van der Waals surface area (Å²) in [5.74, 6) is 0. The van der Waals surface area contributed by atoms with E-state index in [9.17, 15) is 5.11 Å². The van der Waals surface area contributed by atoms with Gasteiger partial charge in [0, 0.05) is 6.54 Å². The normalized spacial score (nSPS) is 25.9. The molecule has 2 heteroatoms. The van der Waals surface area contributed by atoms with Gasteiger partial charge in [-0.05, 0) is 57.7 Å². The van der Waals surface area contributed by atoms with Crippen LogP contribution in [-0.4, -0.2) is 35.2 Å². The maximum Gasteiger partial charge on any atom is 0.0632 e. The van der Waals surface area contributed by atoms with Crippen molar-refractivity contribution in [2.45, 2.75) is 44.6 Å². The lowest BCUT2D eigenvalue weighted by atomic mass is 9.98. The second-order valence-corrected chi connectivity index (χ2v) is 5.78. The van der Waals surface area contributed by atoms with Crippen molar-refractivity contribution in [3.8, 4) is 0 Å². The summed E-state index contributed by atoms with van der Waals surface area (Å²) >= 11 is 0. The van der Waals surface area contributed by atoms with E-state index in [1.54, 1.807) is 0 Å². The van der Waals surface area contributed by atoms with E-state index in [2.05, 4.69) is 35.2 Å². The molecule has 1 saturated heterocycles. The lowest BCUT2D eigenvalue weighted by Crippen LogP contribution is -2.29. The molecule has 100 valence electrons. The first-order chi connectivity index (χ1) is 8.66. The second kappa shape index (κ2) is 6.35. The van der Waals surface area contributed by atoms with E-state index in [1.807, 2.05) is 6.92 Å². The number of aliphatic hydroxyl groups is 1. The third-order valence-electron chi connectivity index (χ3n) is 3.94. The average Bonchev–Trinajstić information content (AvgIpc) is 2.52. The number of hydrogen-bond acceptors (Lipinski definition) is 2. The number of benzene rings is 1. The molecule has 0 saturated carbocycles. The predicted octanol–water partition coefficient (Wildman–Crippen LogP) is 2.86. The van der Waals surface area contributed by atoms with Crippen LogP contribution in [0.5, 0.6) is 0 Å². The van der Waals surface area contributed by atoms with Gasteiger partial charge in [0.1, 0.15) is 0 Å². The molecule has 1 aliphatic heterocycles. The highest BCUT2D eigenvalue weighted by atomic mass is 16.3. The molecule has 1 aliphatic rings. The Balaban J connectivity index is 1.71. The summed E-state index contributed by atoms with van der Waals surface area (Å²) in [5, 5.41) is 10.0. The predicted molar refractivity (Wildman–Crippen MR) is 75.7 cm³/mol. The van der Waals surface area contributed by atoms with Crippen LogP contribution >= 0.6 is 0 Å². The molecule has 1 aromatic carbocycles. The maximum atomic E-state index is 10.0. The SMILES string of the molecule is CC1(O)CCCN(CCCc2ccccc2)CC1. The molecule has 18 heavy (non-hydrogen) atoms. The molecule has 1 fully saturated rings. The van der Waals surface area contributed by atoms with Gasteiger partial charge in [-0.25, -0.2) is 0 Å². The number of likely N-dealkylation sites (tertiary alicyclic amines) is 1. The molecule has 2 nitrogen and oxygen atoms in total. The third-order valence-corrected chi connectivity index (χ3v) is 3.94. The van der Waals surface area contributed by atoms with Crippen molar-refractivity contribution in [2.24, 2.45) is 0 Å². The molecule has 1 heterocycles. The minimum atomic E-state index is -0.436. The number of hydrogen-bond donors (Lipinski definition) is 1. The van der Waals surface area contributed by atoms with Gasteiger partial charge in [0.15, 0.2) is 0 Å². The second-order valence-electron chi connectivity index (χ2n) is 5.78. The van der Waals surface area contributed by atoms with Crippen LogP contribution in [-0.2, 0) is 6.42 Å². The first kappa shape index (κ1) is 13.6. The zero-order valence-corrected chi connectivity index (χ0v) is 11.4. The van der Waals surface area contributed by atoms with Crippen molar-refractivity contribution in [3.63, 3.8) is 0 Å². The zero-order valence-electron chi connectivity index (χ0n) is 11.4. The Labute approximate surface area is 111 Å². The molecule has 0 aliphatic carbocycles. The molecule has 2 rings (SSSR count). The van der Waals surface area contributed by atoms with E-state index in [-0.39, 0.29) is 0 Å². The summed E-state index contributed by atoms with van der Waals surface area (Å²) in [6, 6.07) is 10.7. The molecule has 0 radical (unpaired) electrons. The first-order valence-corrected chi connectivity index (χ1v) is 7.14. The third kappa shape index (κ3) is 4.43. The van der Waals surface area contributed by atoms with Gasteiger partial charge in [-0.1, -0.05) is 30.3 Å². The summed E-state index contributed by atoms with van der Waals surface area (Å²) in [7, 11) is 0. The molecule has 0 amide bonds. The van der Waals surface area contributed by atoms with Gasteiger partial charge in [0.2, 0.25) is 0 Å². The topological polar surface area (TPSA) is 23.5 Å². The smallest absolute Gasteiger partial charge is 0.0632 e. The number of aryl methyl sites for hydroxylation is 1. The van der Waals surface area contributed by atoms with E-state index in [4.69, 9.17) is 0 Å². The van der Waals surface area contributed by atoms with Crippen molar-refractivity contribution >= 4 is 0 Å². The molecule has 1 unspecified atom stereocenters. The minimum absolute atomic E-state index is 0.436. The summed E-state index contributed by atoms with van der Waals surface area (Å²) in [4.78, 5) is 2.50. The summed E-state index contributed by atoms with van der Waals surface area (Å²) < 4.78 is 0. The highest BCUT2D eigenvalue weighted by Gasteiger charge is 2.24. The lowest BCUT2D eigenvalue weighted by Gasteiger charge is -2.22. The van der Waals surface area contributed by atoms with Crippen molar-refractivity contribution < 1.29 is 5.11 Å². The highest BCUT2D eigenvalue weighted by Crippen LogP contribution is 2.21. The molecule has 0 spiro atoms. The van der Waals surface area contributed by atoms with Gasteiger partial charge in [-0.3, -0.25) is 0 Å². The monoisotopic (exact) mass is 247 g/mol. The molecular formula is C16H25NO. The fraction of sp³-hybridized carbons (Fsp3) is 0.625. The molecule has 1 atom stereocenters. The molecular weight excluding hydrogens is 222 g/mol. The standard InChI is InChI=1S/C16H25NO/c1-16(18)10-6-13-17(14-11-16)12-5-9-15-7-3-2-4-8-15/h2-4,7-8,18H,5-6,9-14H2,1H3. The fourth-order valence-corrected chi connectivity index (χ4v) is 2.69. The Morgan fingerprint density at radius 3 is 2.72 bits per heavy atom. The van der Waals surface area contributed by atoms with Crippen LogP contribution in [0, 0.1) is 0 Å². The summed E-state index contributed by atoms with van der Waals surface area (Å²) in [6.45, 7) is 5.32. The minimum Gasteiger partial charge on any atom is -0.390 e. The lowest BCUT2D eigenvalue weighted by molar-refractivity contribution is 0.0446. The quantitative estimate of drug-likeness (QED) is 0.884. The van der Waals surface area contributed by atoms with Crippen LogP contribution in [0.25, 0.3) is 0 Å². The Morgan fingerprint density at radius 2 is 1.94 bits per heavy atom. The molecule has 1 aromatic rings. The fourth-order valence-electron chi connectivity index (χ4n) is 2.69. The zero-order chi connectivity index (χ0) is 12.8. The molecule has 0 bridgehead atoms. The number of rotatable bonds is 4. The Bertz CT molecular complexity index is 347. The van der Waals surface area contributed by atoms with E-state index < -0.39 is 5.60 Å². The van der Waals surface area contributed by atoms with Crippen LogP contribution in [0.4, 0.5) is 0 Å². The van der Waals surface area contributed by atoms with Crippen LogP contribution in [0.15, 0.2) is 30.3 Å². The van der Waals surface area contributed by atoms with Gasteiger partial charge in [0.25, 0.3) is 0 Å². The van der Waals surface area contributed by atoms with Crippen molar-refractivity contribution in [2.75, 3.05) is 19.6 Å².